The monoisotopic (exact) mass is 273 g/mol. The Morgan fingerprint density at radius 2 is 1.83 bits per heavy atom. The first-order valence-corrected chi connectivity index (χ1v) is 6.58. The summed E-state index contributed by atoms with van der Waals surface area (Å²) in [6.07, 6.45) is 0. The first-order valence-electron chi connectivity index (χ1n) is 6.17. The van der Waals surface area contributed by atoms with Gasteiger partial charge < -0.3 is 15.4 Å². The van der Waals surface area contributed by atoms with E-state index in [0.717, 1.165) is 13.1 Å². The standard InChI is InChI=1S/C12H23N3O2S/c1-9(10(13)18)14-5-7-15(8-6-14)11(16)12(2,3)17-4/h9H,5-8H2,1-4H3,(H2,13,18). The second-order valence-electron chi connectivity index (χ2n) is 5.12. The van der Waals surface area contributed by atoms with Crippen molar-refractivity contribution in [1.29, 1.82) is 0 Å². The van der Waals surface area contributed by atoms with Gasteiger partial charge in [-0.15, -0.1) is 0 Å². The van der Waals surface area contributed by atoms with Gasteiger partial charge >= 0.3 is 0 Å². The van der Waals surface area contributed by atoms with Crippen molar-refractivity contribution in [3.8, 4) is 0 Å². The zero-order chi connectivity index (χ0) is 13.9. The zero-order valence-corrected chi connectivity index (χ0v) is 12.4. The van der Waals surface area contributed by atoms with Gasteiger partial charge in [-0.25, -0.2) is 0 Å². The predicted molar refractivity (Wildman–Crippen MR) is 75.5 cm³/mol. The Labute approximate surface area is 114 Å². The maximum Gasteiger partial charge on any atom is 0.254 e. The molecule has 0 aromatic heterocycles. The van der Waals surface area contributed by atoms with Crippen molar-refractivity contribution >= 4 is 23.1 Å². The maximum atomic E-state index is 12.2. The Kier molecular flexibility index (Phi) is 5.07. The van der Waals surface area contributed by atoms with E-state index in [1.54, 1.807) is 21.0 Å². The zero-order valence-electron chi connectivity index (χ0n) is 11.6. The molecule has 5 nitrogen and oxygen atoms in total. The molecular formula is C12H23N3O2S. The molecule has 1 aliphatic rings. The molecule has 1 aliphatic heterocycles. The highest BCUT2D eigenvalue weighted by Gasteiger charge is 2.34. The molecular weight excluding hydrogens is 250 g/mol. The molecule has 2 N–H and O–H groups in total. The summed E-state index contributed by atoms with van der Waals surface area (Å²) in [6.45, 7) is 8.56. The lowest BCUT2D eigenvalue weighted by Gasteiger charge is -2.40. The highest BCUT2D eigenvalue weighted by Crippen LogP contribution is 2.15. The van der Waals surface area contributed by atoms with Gasteiger partial charge in [0, 0.05) is 33.3 Å². The smallest absolute Gasteiger partial charge is 0.254 e. The van der Waals surface area contributed by atoms with Crippen molar-refractivity contribution in [2.75, 3.05) is 33.3 Å². The minimum Gasteiger partial charge on any atom is -0.392 e. The van der Waals surface area contributed by atoms with Crippen LogP contribution >= 0.6 is 12.2 Å². The molecule has 0 aromatic carbocycles. The van der Waals surface area contributed by atoms with Gasteiger partial charge in [0.15, 0.2) is 0 Å². The van der Waals surface area contributed by atoms with Crippen LogP contribution in [0.25, 0.3) is 0 Å². The molecule has 0 radical (unpaired) electrons. The summed E-state index contributed by atoms with van der Waals surface area (Å²) in [6, 6.07) is 0.0905. The summed E-state index contributed by atoms with van der Waals surface area (Å²) >= 11 is 4.99. The van der Waals surface area contributed by atoms with Crippen LogP contribution in [-0.4, -0.2) is 65.6 Å². The van der Waals surface area contributed by atoms with E-state index in [9.17, 15) is 4.79 Å². The van der Waals surface area contributed by atoms with Gasteiger partial charge in [0.25, 0.3) is 5.91 Å². The highest BCUT2D eigenvalue weighted by atomic mass is 32.1. The van der Waals surface area contributed by atoms with Gasteiger partial charge in [-0.2, -0.15) is 0 Å². The molecule has 18 heavy (non-hydrogen) atoms. The van der Waals surface area contributed by atoms with Crippen molar-refractivity contribution in [3.05, 3.63) is 0 Å². The second kappa shape index (κ2) is 5.95. The molecule has 1 rings (SSSR count). The lowest BCUT2D eigenvalue weighted by atomic mass is 10.1. The lowest BCUT2D eigenvalue weighted by Crippen LogP contribution is -2.57. The number of thiocarbonyl (C=S) groups is 1. The SMILES string of the molecule is COC(C)(C)C(=O)N1CCN(C(C)C(N)=S)CC1. The molecule has 0 spiro atoms. The van der Waals surface area contributed by atoms with Crippen LogP contribution in [0.1, 0.15) is 20.8 Å². The first kappa shape index (κ1) is 15.3. The topological polar surface area (TPSA) is 58.8 Å². The molecule has 104 valence electrons. The van der Waals surface area contributed by atoms with Gasteiger partial charge in [-0.05, 0) is 20.8 Å². The van der Waals surface area contributed by atoms with Crippen LogP contribution in [0.2, 0.25) is 0 Å². The van der Waals surface area contributed by atoms with Gasteiger partial charge in [0.2, 0.25) is 0 Å². The van der Waals surface area contributed by atoms with Crippen LogP contribution in [0.15, 0.2) is 0 Å². The third-order valence-electron chi connectivity index (χ3n) is 3.59. The molecule has 0 bridgehead atoms. The van der Waals surface area contributed by atoms with E-state index < -0.39 is 5.60 Å². The number of piperazine rings is 1. The van der Waals surface area contributed by atoms with Crippen LogP contribution < -0.4 is 5.73 Å². The molecule has 1 fully saturated rings. The fraction of sp³-hybridized carbons (Fsp3) is 0.833. The number of amides is 1. The number of nitrogens with two attached hydrogens (primary N) is 1. The predicted octanol–water partition coefficient (Wildman–Crippen LogP) is 0.230. The lowest BCUT2D eigenvalue weighted by molar-refractivity contribution is -0.152. The van der Waals surface area contributed by atoms with Crippen molar-refractivity contribution in [2.45, 2.75) is 32.4 Å². The number of ether oxygens (including phenoxy) is 1. The number of rotatable bonds is 4. The van der Waals surface area contributed by atoms with E-state index in [2.05, 4.69) is 4.90 Å². The van der Waals surface area contributed by atoms with Crippen LogP contribution in [0, 0.1) is 0 Å². The Morgan fingerprint density at radius 3 is 2.22 bits per heavy atom. The number of methoxy groups -OCH3 is 1. The number of carbonyl (C=O) groups is 1. The largest absolute Gasteiger partial charge is 0.392 e. The molecule has 1 amide bonds. The van der Waals surface area contributed by atoms with Crippen molar-refractivity contribution in [1.82, 2.24) is 9.80 Å². The van der Waals surface area contributed by atoms with Gasteiger partial charge in [0.05, 0.1) is 11.0 Å². The van der Waals surface area contributed by atoms with Crippen LogP contribution in [0.4, 0.5) is 0 Å². The van der Waals surface area contributed by atoms with Crippen LogP contribution in [-0.2, 0) is 9.53 Å². The Morgan fingerprint density at radius 1 is 1.33 bits per heavy atom. The molecule has 0 aliphatic carbocycles. The summed E-state index contributed by atoms with van der Waals surface area (Å²) < 4.78 is 5.22. The Bertz CT molecular complexity index is 325. The Balaban J connectivity index is 2.54. The van der Waals surface area contributed by atoms with E-state index in [1.165, 1.54) is 0 Å². The molecule has 1 atom stereocenters. The van der Waals surface area contributed by atoms with E-state index >= 15 is 0 Å². The molecule has 0 aromatic rings. The van der Waals surface area contributed by atoms with E-state index in [0.29, 0.717) is 18.1 Å². The highest BCUT2D eigenvalue weighted by molar-refractivity contribution is 7.80. The van der Waals surface area contributed by atoms with E-state index in [-0.39, 0.29) is 11.9 Å². The molecule has 1 heterocycles. The van der Waals surface area contributed by atoms with Crippen LogP contribution in [0.5, 0.6) is 0 Å². The normalized spacial score (nSPS) is 19.7. The summed E-state index contributed by atoms with van der Waals surface area (Å²) in [5, 5.41) is 0. The van der Waals surface area contributed by atoms with Crippen molar-refractivity contribution in [3.63, 3.8) is 0 Å². The number of nitrogens with zero attached hydrogens (tertiary/aromatic N) is 2. The summed E-state index contributed by atoms with van der Waals surface area (Å²) in [5.41, 5.74) is 4.89. The first-order chi connectivity index (χ1) is 8.29. The van der Waals surface area contributed by atoms with Crippen molar-refractivity contribution < 1.29 is 9.53 Å². The number of carbonyl (C=O) groups excluding carboxylic acids is 1. The molecule has 0 saturated carbocycles. The van der Waals surface area contributed by atoms with Gasteiger partial charge in [-0.3, -0.25) is 9.69 Å². The summed E-state index contributed by atoms with van der Waals surface area (Å²) in [7, 11) is 1.56. The fourth-order valence-electron chi connectivity index (χ4n) is 1.96. The van der Waals surface area contributed by atoms with Crippen molar-refractivity contribution in [2.24, 2.45) is 5.73 Å². The molecule has 1 unspecified atom stereocenters. The summed E-state index contributed by atoms with van der Waals surface area (Å²) in [5.74, 6) is 0.0348. The minimum absolute atomic E-state index is 0.0348. The molecule has 6 heteroatoms. The third-order valence-corrected chi connectivity index (χ3v) is 3.93. The summed E-state index contributed by atoms with van der Waals surface area (Å²) in [4.78, 5) is 16.7. The fourth-order valence-corrected chi connectivity index (χ4v) is 2.11. The number of hydrogen-bond donors (Lipinski definition) is 1. The van der Waals surface area contributed by atoms with Gasteiger partial charge in [0.1, 0.15) is 5.60 Å². The minimum atomic E-state index is -0.753. The quantitative estimate of drug-likeness (QED) is 0.743. The van der Waals surface area contributed by atoms with Crippen LogP contribution in [0.3, 0.4) is 0 Å². The third kappa shape index (κ3) is 3.40. The average molecular weight is 273 g/mol. The Hall–Kier alpha value is -0.720. The van der Waals surface area contributed by atoms with Gasteiger partial charge in [-0.1, -0.05) is 12.2 Å². The second-order valence-corrected chi connectivity index (χ2v) is 5.59. The average Bonchev–Trinajstić information content (AvgIpc) is 2.37. The molecule has 1 saturated heterocycles. The van der Waals surface area contributed by atoms with E-state index in [4.69, 9.17) is 22.7 Å². The number of hydrogen-bond acceptors (Lipinski definition) is 4. The maximum absolute atomic E-state index is 12.2. The van der Waals surface area contributed by atoms with E-state index in [1.807, 2.05) is 11.8 Å².